The van der Waals surface area contributed by atoms with Crippen molar-refractivity contribution in [3.8, 4) is 0 Å². The van der Waals surface area contributed by atoms with Gasteiger partial charge in [0.2, 0.25) is 0 Å². The van der Waals surface area contributed by atoms with E-state index < -0.39 is 61.9 Å². The topological polar surface area (TPSA) is 169 Å². The van der Waals surface area contributed by atoms with Crippen molar-refractivity contribution in [2.24, 2.45) is 0 Å². The van der Waals surface area contributed by atoms with Crippen LogP contribution in [-0.2, 0) is 14.2 Å². The van der Waals surface area contributed by atoms with Crippen molar-refractivity contribution in [1.29, 1.82) is 0 Å². The van der Waals surface area contributed by atoms with E-state index >= 15 is 0 Å². The van der Waals surface area contributed by atoms with E-state index in [0.29, 0.717) is 0 Å². The molecule has 10 heteroatoms. The molecule has 10 nitrogen and oxygen atoms in total. The second-order valence-electron chi connectivity index (χ2n) is 5.08. The zero-order valence-corrected chi connectivity index (χ0v) is 11.0. The van der Waals surface area contributed by atoms with Gasteiger partial charge in [-0.2, -0.15) is 0 Å². The average molecular weight is 312 g/mol. The largest absolute Gasteiger partial charge is 0.394 e. The summed E-state index contributed by atoms with van der Waals surface area (Å²) in [5.74, 6) is 0. The third-order valence-corrected chi connectivity index (χ3v) is 3.61. The Balaban J connectivity index is 1.88. The molecule has 0 aromatic rings. The highest BCUT2D eigenvalue weighted by atomic mass is 16.7. The molecular formula is C11H20O10. The van der Waals surface area contributed by atoms with E-state index in [0.717, 1.165) is 0 Å². The third kappa shape index (κ3) is 3.35. The fourth-order valence-electron chi connectivity index (χ4n) is 2.26. The Bertz CT molecular complexity index is 341. The second-order valence-corrected chi connectivity index (χ2v) is 5.08. The second kappa shape index (κ2) is 6.79. The molecule has 9 atom stereocenters. The Labute approximate surface area is 119 Å². The van der Waals surface area contributed by atoms with Crippen LogP contribution in [0.25, 0.3) is 0 Å². The summed E-state index contributed by atoms with van der Waals surface area (Å²) in [4.78, 5) is 0. The lowest BCUT2D eigenvalue weighted by Crippen LogP contribution is -2.58. The normalized spacial score (nSPS) is 51.3. The van der Waals surface area contributed by atoms with Crippen LogP contribution in [0.2, 0.25) is 0 Å². The Morgan fingerprint density at radius 2 is 1.33 bits per heavy atom. The standard InChI is InChI=1S/C11H20O10/c12-1-3-5(13)9(17)11(21-3)19-2-4-6(14)7(15)8(16)10(18)20-4/h3-18H,1-2H2. The Morgan fingerprint density at radius 3 is 1.90 bits per heavy atom. The first kappa shape index (κ1) is 17.0. The zero-order chi connectivity index (χ0) is 15.7. The lowest BCUT2D eigenvalue weighted by atomic mass is 9.99. The minimum absolute atomic E-state index is 0.380. The van der Waals surface area contributed by atoms with Crippen molar-refractivity contribution in [3.05, 3.63) is 0 Å². The highest BCUT2D eigenvalue weighted by Crippen LogP contribution is 2.24. The highest BCUT2D eigenvalue weighted by molar-refractivity contribution is 4.90. The van der Waals surface area contributed by atoms with Gasteiger partial charge in [-0.25, -0.2) is 0 Å². The van der Waals surface area contributed by atoms with Crippen molar-refractivity contribution in [2.45, 2.75) is 55.3 Å². The van der Waals surface area contributed by atoms with Gasteiger partial charge in [0.1, 0.15) is 42.7 Å². The summed E-state index contributed by atoms with van der Waals surface area (Å²) < 4.78 is 15.1. The van der Waals surface area contributed by atoms with Gasteiger partial charge in [-0.1, -0.05) is 0 Å². The molecule has 21 heavy (non-hydrogen) atoms. The maximum atomic E-state index is 9.70. The van der Waals surface area contributed by atoms with Gasteiger partial charge in [0.25, 0.3) is 0 Å². The van der Waals surface area contributed by atoms with Crippen molar-refractivity contribution in [1.82, 2.24) is 0 Å². The molecule has 2 aliphatic heterocycles. The smallest absolute Gasteiger partial charge is 0.186 e. The molecule has 7 N–H and O–H groups in total. The van der Waals surface area contributed by atoms with Crippen LogP contribution in [0, 0.1) is 0 Å². The average Bonchev–Trinajstić information content (AvgIpc) is 2.75. The van der Waals surface area contributed by atoms with E-state index in [4.69, 9.17) is 19.3 Å². The fraction of sp³-hybridized carbons (Fsp3) is 1.00. The molecule has 0 aromatic heterocycles. The molecule has 0 bridgehead atoms. The molecule has 0 radical (unpaired) electrons. The number of hydrogen-bond acceptors (Lipinski definition) is 10. The Morgan fingerprint density at radius 1 is 0.714 bits per heavy atom. The lowest BCUT2D eigenvalue weighted by Gasteiger charge is -2.38. The molecule has 0 saturated carbocycles. The van der Waals surface area contributed by atoms with Crippen molar-refractivity contribution in [2.75, 3.05) is 13.2 Å². The van der Waals surface area contributed by atoms with E-state index in [1.807, 2.05) is 0 Å². The van der Waals surface area contributed by atoms with Gasteiger partial charge in [-0.05, 0) is 0 Å². The summed E-state index contributed by atoms with van der Waals surface area (Å²) in [6, 6.07) is 0. The summed E-state index contributed by atoms with van der Waals surface area (Å²) in [7, 11) is 0. The molecule has 0 spiro atoms. The van der Waals surface area contributed by atoms with Gasteiger partial charge < -0.3 is 50.0 Å². The van der Waals surface area contributed by atoms with Crippen LogP contribution in [0.5, 0.6) is 0 Å². The molecule has 0 amide bonds. The van der Waals surface area contributed by atoms with Gasteiger partial charge in [-0.15, -0.1) is 0 Å². The predicted molar refractivity (Wildman–Crippen MR) is 62.6 cm³/mol. The van der Waals surface area contributed by atoms with Crippen LogP contribution >= 0.6 is 0 Å². The minimum atomic E-state index is -1.69. The van der Waals surface area contributed by atoms with Gasteiger partial charge in [0.15, 0.2) is 12.6 Å². The molecule has 2 heterocycles. The van der Waals surface area contributed by atoms with E-state index in [2.05, 4.69) is 0 Å². The van der Waals surface area contributed by atoms with E-state index in [1.165, 1.54) is 0 Å². The Hall–Kier alpha value is -0.400. The van der Waals surface area contributed by atoms with Crippen molar-refractivity contribution >= 4 is 0 Å². The number of ether oxygens (including phenoxy) is 3. The monoisotopic (exact) mass is 312 g/mol. The first-order valence-electron chi connectivity index (χ1n) is 6.48. The number of hydrogen-bond donors (Lipinski definition) is 7. The first-order valence-corrected chi connectivity index (χ1v) is 6.48. The molecule has 9 unspecified atom stereocenters. The summed E-state index contributed by atoms with van der Waals surface area (Å²) in [6.07, 6.45) is -12.6. The number of aliphatic hydroxyl groups excluding tert-OH is 7. The molecule has 2 aliphatic rings. The van der Waals surface area contributed by atoms with E-state index in [-0.39, 0.29) is 6.61 Å². The predicted octanol–water partition coefficient (Wildman–Crippen LogP) is -4.76. The zero-order valence-electron chi connectivity index (χ0n) is 11.0. The van der Waals surface area contributed by atoms with Crippen LogP contribution in [0.1, 0.15) is 0 Å². The number of aliphatic hydroxyl groups is 7. The fourth-order valence-corrected chi connectivity index (χ4v) is 2.26. The summed E-state index contributed by atoms with van der Waals surface area (Å²) in [5.41, 5.74) is 0. The van der Waals surface area contributed by atoms with Crippen LogP contribution in [0.4, 0.5) is 0 Å². The van der Waals surface area contributed by atoms with Gasteiger partial charge >= 0.3 is 0 Å². The quantitative estimate of drug-likeness (QED) is 0.267. The molecule has 2 rings (SSSR count). The SMILES string of the molecule is OCC1OC(OCC2OC(O)C(O)C(O)C2O)C(O)C1O. The minimum Gasteiger partial charge on any atom is -0.394 e. The highest BCUT2D eigenvalue weighted by Gasteiger charge is 2.46. The molecular weight excluding hydrogens is 292 g/mol. The van der Waals surface area contributed by atoms with Gasteiger partial charge in [-0.3, -0.25) is 0 Å². The van der Waals surface area contributed by atoms with Crippen LogP contribution in [0.15, 0.2) is 0 Å². The molecule has 124 valence electrons. The van der Waals surface area contributed by atoms with Gasteiger partial charge in [0.05, 0.1) is 13.2 Å². The summed E-state index contributed by atoms with van der Waals surface area (Å²) >= 11 is 0. The van der Waals surface area contributed by atoms with Crippen LogP contribution in [0.3, 0.4) is 0 Å². The maximum absolute atomic E-state index is 9.70. The summed E-state index contributed by atoms with van der Waals surface area (Å²) in [5, 5.41) is 66.0. The Kier molecular flexibility index (Phi) is 5.48. The molecule has 2 saturated heterocycles. The van der Waals surface area contributed by atoms with Crippen molar-refractivity contribution < 1.29 is 50.0 Å². The molecule has 0 aliphatic carbocycles. The van der Waals surface area contributed by atoms with E-state index in [9.17, 15) is 30.6 Å². The van der Waals surface area contributed by atoms with Crippen LogP contribution in [-0.4, -0.2) is 104 Å². The maximum Gasteiger partial charge on any atom is 0.186 e. The molecule has 2 fully saturated rings. The number of rotatable bonds is 4. The molecule has 0 aromatic carbocycles. The van der Waals surface area contributed by atoms with Gasteiger partial charge in [0, 0.05) is 0 Å². The van der Waals surface area contributed by atoms with E-state index in [1.54, 1.807) is 0 Å². The first-order chi connectivity index (χ1) is 9.86. The summed E-state index contributed by atoms with van der Waals surface area (Å²) in [6.45, 7) is -0.890. The lowest BCUT2D eigenvalue weighted by molar-refractivity contribution is -0.297. The third-order valence-electron chi connectivity index (χ3n) is 3.61. The van der Waals surface area contributed by atoms with Crippen LogP contribution < -0.4 is 0 Å². The van der Waals surface area contributed by atoms with Crippen molar-refractivity contribution in [3.63, 3.8) is 0 Å².